The summed E-state index contributed by atoms with van der Waals surface area (Å²) in [7, 11) is 1.86. The van der Waals surface area contributed by atoms with E-state index in [0.29, 0.717) is 22.5 Å². The number of nitrogens with zero attached hydrogens (tertiary/aromatic N) is 2. The minimum atomic E-state index is -0.352. The number of benzene rings is 2. The highest BCUT2D eigenvalue weighted by atomic mass is 32.1. The SMILES string of the molecule is CCOC(=O)c1ccc2c(c1)sc(=NC(=O)c1ccc(C)c(C)c1)n2C. The Labute approximate surface area is 155 Å². The summed E-state index contributed by atoms with van der Waals surface area (Å²) in [4.78, 5) is 29.3. The van der Waals surface area contributed by atoms with Crippen LogP contribution in [-0.4, -0.2) is 23.1 Å². The Bertz CT molecular complexity index is 1080. The Balaban J connectivity index is 2.02. The number of carbonyl (C=O) groups is 2. The lowest BCUT2D eigenvalue weighted by Crippen LogP contribution is -2.13. The maximum absolute atomic E-state index is 12.5. The second-order valence-electron chi connectivity index (χ2n) is 6.06. The van der Waals surface area contributed by atoms with Gasteiger partial charge in [0.2, 0.25) is 0 Å². The molecule has 0 unspecified atom stereocenters. The van der Waals surface area contributed by atoms with Gasteiger partial charge in [-0.05, 0) is 62.2 Å². The molecule has 0 atom stereocenters. The van der Waals surface area contributed by atoms with Crippen LogP contribution in [0.5, 0.6) is 0 Å². The summed E-state index contributed by atoms with van der Waals surface area (Å²) in [5.41, 5.74) is 4.17. The average molecular weight is 368 g/mol. The van der Waals surface area contributed by atoms with Gasteiger partial charge < -0.3 is 9.30 Å². The maximum Gasteiger partial charge on any atom is 0.338 e. The molecule has 6 heteroatoms. The number of esters is 1. The third-order valence-electron chi connectivity index (χ3n) is 4.27. The first-order chi connectivity index (χ1) is 12.4. The lowest BCUT2D eigenvalue weighted by Gasteiger charge is -2.02. The van der Waals surface area contributed by atoms with Crippen molar-refractivity contribution in [3.63, 3.8) is 0 Å². The van der Waals surface area contributed by atoms with Crippen LogP contribution in [0, 0.1) is 13.8 Å². The number of hydrogen-bond acceptors (Lipinski definition) is 4. The van der Waals surface area contributed by atoms with Gasteiger partial charge in [-0.3, -0.25) is 4.79 Å². The molecule has 0 radical (unpaired) electrons. The third kappa shape index (κ3) is 3.46. The number of aryl methyl sites for hydroxylation is 3. The van der Waals surface area contributed by atoms with E-state index in [1.54, 1.807) is 25.1 Å². The monoisotopic (exact) mass is 368 g/mol. The van der Waals surface area contributed by atoms with E-state index in [4.69, 9.17) is 4.74 Å². The lowest BCUT2D eigenvalue weighted by atomic mass is 10.1. The van der Waals surface area contributed by atoms with E-state index in [9.17, 15) is 9.59 Å². The van der Waals surface area contributed by atoms with E-state index < -0.39 is 0 Å². The van der Waals surface area contributed by atoms with Crippen molar-refractivity contribution in [2.24, 2.45) is 12.0 Å². The molecule has 134 valence electrons. The third-order valence-corrected chi connectivity index (χ3v) is 5.37. The van der Waals surface area contributed by atoms with E-state index in [0.717, 1.165) is 21.3 Å². The highest BCUT2D eigenvalue weighted by molar-refractivity contribution is 7.16. The predicted octanol–water partition coefficient (Wildman–Crippen LogP) is 3.77. The standard InChI is InChI=1S/C20H20N2O3S/c1-5-25-19(24)15-8-9-16-17(11-15)26-20(22(16)4)21-18(23)14-7-6-12(2)13(3)10-14/h6-11H,5H2,1-4H3. The van der Waals surface area contributed by atoms with Crippen LogP contribution in [-0.2, 0) is 11.8 Å². The molecule has 0 aliphatic carbocycles. The summed E-state index contributed by atoms with van der Waals surface area (Å²) >= 11 is 1.37. The molecule has 26 heavy (non-hydrogen) atoms. The number of carbonyl (C=O) groups excluding carboxylic acids is 2. The second kappa shape index (κ2) is 7.25. The van der Waals surface area contributed by atoms with Crippen LogP contribution in [0.3, 0.4) is 0 Å². The van der Waals surface area contributed by atoms with E-state index in [-0.39, 0.29) is 11.9 Å². The zero-order valence-electron chi connectivity index (χ0n) is 15.2. The second-order valence-corrected chi connectivity index (χ2v) is 7.07. The summed E-state index contributed by atoms with van der Waals surface area (Å²) in [6, 6.07) is 10.9. The van der Waals surface area contributed by atoms with Crippen molar-refractivity contribution in [2.45, 2.75) is 20.8 Å². The van der Waals surface area contributed by atoms with Crippen molar-refractivity contribution >= 4 is 33.4 Å². The molecule has 1 aromatic heterocycles. The van der Waals surface area contributed by atoms with Gasteiger partial charge in [0, 0.05) is 12.6 Å². The number of hydrogen-bond donors (Lipinski definition) is 0. The summed E-state index contributed by atoms with van der Waals surface area (Å²) < 4.78 is 7.77. The molecule has 0 fully saturated rings. The molecule has 0 aliphatic heterocycles. The molecule has 1 heterocycles. The topological polar surface area (TPSA) is 60.7 Å². The van der Waals surface area contributed by atoms with E-state index in [1.807, 2.05) is 43.7 Å². The molecular weight excluding hydrogens is 348 g/mol. The van der Waals surface area contributed by atoms with E-state index in [1.165, 1.54) is 11.3 Å². The van der Waals surface area contributed by atoms with Gasteiger partial charge in [-0.1, -0.05) is 17.4 Å². The van der Waals surface area contributed by atoms with Crippen LogP contribution in [0.25, 0.3) is 10.2 Å². The fourth-order valence-electron chi connectivity index (χ4n) is 2.61. The van der Waals surface area contributed by atoms with Gasteiger partial charge in [-0.2, -0.15) is 4.99 Å². The summed E-state index contributed by atoms with van der Waals surface area (Å²) in [6.07, 6.45) is 0. The number of ether oxygens (including phenoxy) is 1. The van der Waals surface area contributed by atoms with Gasteiger partial charge in [0.1, 0.15) is 0 Å². The molecule has 3 rings (SSSR count). The predicted molar refractivity (Wildman–Crippen MR) is 103 cm³/mol. The van der Waals surface area contributed by atoms with Crippen molar-refractivity contribution in [1.82, 2.24) is 4.57 Å². The highest BCUT2D eigenvalue weighted by Crippen LogP contribution is 2.19. The Morgan fingerprint density at radius 1 is 1.08 bits per heavy atom. The Hall–Kier alpha value is -2.73. The van der Waals surface area contributed by atoms with E-state index in [2.05, 4.69) is 4.99 Å². The molecular formula is C20H20N2O3S. The molecule has 0 spiro atoms. The molecule has 0 saturated carbocycles. The lowest BCUT2D eigenvalue weighted by molar-refractivity contribution is 0.0526. The van der Waals surface area contributed by atoms with Crippen LogP contribution < -0.4 is 4.80 Å². The Kier molecular flexibility index (Phi) is 5.04. The minimum absolute atomic E-state index is 0.277. The van der Waals surface area contributed by atoms with Crippen molar-refractivity contribution in [3.8, 4) is 0 Å². The van der Waals surface area contributed by atoms with Crippen LogP contribution in [0.2, 0.25) is 0 Å². The molecule has 0 N–H and O–H groups in total. The molecule has 5 nitrogen and oxygen atoms in total. The first-order valence-electron chi connectivity index (χ1n) is 8.33. The van der Waals surface area contributed by atoms with Crippen molar-refractivity contribution in [2.75, 3.05) is 6.61 Å². The quantitative estimate of drug-likeness (QED) is 0.661. The van der Waals surface area contributed by atoms with Crippen molar-refractivity contribution in [3.05, 3.63) is 63.5 Å². The summed E-state index contributed by atoms with van der Waals surface area (Å²) in [6.45, 7) is 6.09. The van der Waals surface area contributed by atoms with Gasteiger partial charge in [0.15, 0.2) is 4.80 Å². The summed E-state index contributed by atoms with van der Waals surface area (Å²) in [5.74, 6) is -0.629. The largest absolute Gasteiger partial charge is 0.462 e. The van der Waals surface area contributed by atoms with E-state index >= 15 is 0 Å². The fraction of sp³-hybridized carbons (Fsp3) is 0.250. The fourth-order valence-corrected chi connectivity index (χ4v) is 3.66. The molecule has 3 aromatic rings. The number of rotatable bonds is 3. The first kappa shape index (κ1) is 18.1. The molecule has 2 aromatic carbocycles. The van der Waals surface area contributed by atoms with Crippen molar-refractivity contribution in [1.29, 1.82) is 0 Å². The van der Waals surface area contributed by atoms with Gasteiger partial charge >= 0.3 is 5.97 Å². The van der Waals surface area contributed by atoms with Crippen molar-refractivity contribution < 1.29 is 14.3 Å². The minimum Gasteiger partial charge on any atom is -0.462 e. The number of amides is 1. The highest BCUT2D eigenvalue weighted by Gasteiger charge is 2.11. The summed E-state index contributed by atoms with van der Waals surface area (Å²) in [5, 5.41) is 0. The maximum atomic E-state index is 12.5. The number of aromatic nitrogens is 1. The van der Waals surface area contributed by atoms with Gasteiger partial charge in [0.25, 0.3) is 5.91 Å². The van der Waals surface area contributed by atoms with Gasteiger partial charge in [0.05, 0.1) is 22.4 Å². The normalized spacial score (nSPS) is 11.8. The Morgan fingerprint density at radius 2 is 1.81 bits per heavy atom. The van der Waals surface area contributed by atoms with Crippen LogP contribution in [0.15, 0.2) is 41.4 Å². The zero-order valence-corrected chi connectivity index (χ0v) is 16.0. The Morgan fingerprint density at radius 3 is 2.50 bits per heavy atom. The average Bonchev–Trinajstić information content (AvgIpc) is 2.92. The molecule has 0 aliphatic rings. The van der Waals surface area contributed by atoms with Gasteiger partial charge in [-0.25, -0.2) is 4.79 Å². The molecule has 0 saturated heterocycles. The smallest absolute Gasteiger partial charge is 0.338 e. The number of thiazole rings is 1. The first-order valence-corrected chi connectivity index (χ1v) is 9.15. The molecule has 0 bridgehead atoms. The van der Waals surface area contributed by atoms with Crippen LogP contribution in [0.4, 0.5) is 0 Å². The van der Waals surface area contributed by atoms with Crippen LogP contribution >= 0.6 is 11.3 Å². The molecule has 1 amide bonds. The number of fused-ring (bicyclic) bond motifs is 1. The van der Waals surface area contributed by atoms with Crippen LogP contribution in [0.1, 0.15) is 38.8 Å². The zero-order chi connectivity index (χ0) is 18.8. The van der Waals surface area contributed by atoms with Gasteiger partial charge in [-0.15, -0.1) is 0 Å².